The zero-order valence-corrected chi connectivity index (χ0v) is 6.03. The predicted octanol–water partition coefficient (Wildman–Crippen LogP) is -1.47. The summed E-state index contributed by atoms with van der Waals surface area (Å²) in [5.74, 6) is 0.119. The molecular weight excluding hydrogens is 146 g/mol. The summed E-state index contributed by atoms with van der Waals surface area (Å²) in [6, 6.07) is 0. The van der Waals surface area contributed by atoms with Crippen LogP contribution in [0.3, 0.4) is 0 Å². The van der Waals surface area contributed by atoms with Crippen molar-refractivity contribution in [3.05, 3.63) is 10.5 Å². The van der Waals surface area contributed by atoms with Gasteiger partial charge in [0.1, 0.15) is 11.5 Å². The summed E-state index contributed by atoms with van der Waals surface area (Å²) >= 11 is 0. The largest absolute Gasteiger partial charge is 0.393 e. The molecule has 0 fully saturated rings. The molecular formula is C5H9N5O. The Bertz CT molecular complexity index is 341. The van der Waals surface area contributed by atoms with E-state index in [4.69, 9.17) is 17.2 Å². The second kappa shape index (κ2) is 2.15. The van der Waals surface area contributed by atoms with Crippen molar-refractivity contribution in [2.45, 2.75) is 0 Å². The molecule has 1 aromatic heterocycles. The number of nitrogen functional groups attached to an aromatic ring is 3. The average Bonchev–Trinajstić information content (AvgIpc) is 1.97. The molecule has 11 heavy (non-hydrogen) atoms. The first-order chi connectivity index (χ1) is 5.04. The van der Waals surface area contributed by atoms with E-state index in [0.29, 0.717) is 0 Å². The van der Waals surface area contributed by atoms with E-state index in [1.54, 1.807) is 0 Å². The fourth-order valence-electron chi connectivity index (χ4n) is 0.653. The van der Waals surface area contributed by atoms with Crippen LogP contribution in [0.1, 0.15) is 0 Å². The number of hydrogen-bond acceptors (Lipinski definition) is 5. The molecule has 6 N–H and O–H groups in total. The van der Waals surface area contributed by atoms with Crippen molar-refractivity contribution in [1.82, 2.24) is 9.55 Å². The first-order valence-corrected chi connectivity index (χ1v) is 2.91. The average molecular weight is 155 g/mol. The predicted molar refractivity (Wildman–Crippen MR) is 42.7 cm³/mol. The van der Waals surface area contributed by atoms with Crippen molar-refractivity contribution in [2.24, 2.45) is 7.05 Å². The summed E-state index contributed by atoms with van der Waals surface area (Å²) in [5.41, 5.74) is 15.7. The molecule has 0 saturated carbocycles. The second-order valence-corrected chi connectivity index (χ2v) is 2.14. The van der Waals surface area contributed by atoms with Crippen molar-refractivity contribution < 1.29 is 0 Å². The highest BCUT2D eigenvalue weighted by Crippen LogP contribution is 2.15. The summed E-state index contributed by atoms with van der Waals surface area (Å²) in [6.07, 6.45) is 0. The van der Waals surface area contributed by atoms with E-state index in [1.165, 1.54) is 7.05 Å². The molecule has 0 saturated heterocycles. The van der Waals surface area contributed by atoms with Crippen molar-refractivity contribution >= 4 is 17.3 Å². The van der Waals surface area contributed by atoms with Crippen molar-refractivity contribution in [2.75, 3.05) is 17.2 Å². The minimum absolute atomic E-state index is 0.0226. The molecule has 0 unspecified atom stereocenters. The molecule has 0 aromatic carbocycles. The van der Waals surface area contributed by atoms with Gasteiger partial charge < -0.3 is 17.2 Å². The van der Waals surface area contributed by atoms with E-state index >= 15 is 0 Å². The summed E-state index contributed by atoms with van der Waals surface area (Å²) in [7, 11) is 1.47. The zero-order valence-electron chi connectivity index (χ0n) is 6.03. The number of rotatable bonds is 0. The fourth-order valence-corrected chi connectivity index (χ4v) is 0.653. The van der Waals surface area contributed by atoms with Crippen LogP contribution in [0.2, 0.25) is 0 Å². The topological polar surface area (TPSA) is 113 Å². The first kappa shape index (κ1) is 7.39. The van der Waals surface area contributed by atoms with Crippen molar-refractivity contribution in [3.63, 3.8) is 0 Å². The fraction of sp³-hybridized carbons (Fsp3) is 0.200. The normalized spacial score (nSPS) is 9.91. The highest BCUT2D eigenvalue weighted by atomic mass is 16.1. The molecule has 0 atom stereocenters. The minimum Gasteiger partial charge on any atom is -0.393 e. The maximum Gasteiger partial charge on any atom is 0.350 e. The van der Waals surface area contributed by atoms with E-state index < -0.39 is 5.69 Å². The standard InChI is InChI=1S/C5H9N5O/c1-10-4(8)2(6)3(7)9-5(10)11/h6,8H2,1H3,(H2,7,9,11). The molecule has 0 spiro atoms. The summed E-state index contributed by atoms with van der Waals surface area (Å²) in [4.78, 5) is 14.3. The Balaban J connectivity index is 3.59. The van der Waals surface area contributed by atoms with Gasteiger partial charge in [-0.25, -0.2) is 4.79 Å². The SMILES string of the molecule is Cn1c(N)c(N)c(N)nc1=O. The minimum atomic E-state index is -0.505. The highest BCUT2D eigenvalue weighted by molar-refractivity contribution is 5.70. The van der Waals surface area contributed by atoms with Crippen LogP contribution >= 0.6 is 0 Å². The smallest absolute Gasteiger partial charge is 0.350 e. The quantitative estimate of drug-likeness (QED) is 0.423. The lowest BCUT2D eigenvalue weighted by atomic mass is 10.4. The van der Waals surface area contributed by atoms with Gasteiger partial charge in [-0.05, 0) is 0 Å². The van der Waals surface area contributed by atoms with Crippen LogP contribution in [-0.2, 0) is 7.05 Å². The molecule has 0 aliphatic rings. The Labute approximate surface area is 62.6 Å². The molecule has 0 amide bonds. The van der Waals surface area contributed by atoms with Gasteiger partial charge in [0.25, 0.3) is 0 Å². The highest BCUT2D eigenvalue weighted by Gasteiger charge is 2.05. The van der Waals surface area contributed by atoms with Gasteiger partial charge in [-0.1, -0.05) is 0 Å². The number of hydrogen-bond donors (Lipinski definition) is 3. The van der Waals surface area contributed by atoms with Gasteiger partial charge in [-0.2, -0.15) is 4.98 Å². The molecule has 0 aliphatic carbocycles. The maximum absolute atomic E-state index is 10.8. The zero-order chi connectivity index (χ0) is 8.59. The van der Waals surface area contributed by atoms with E-state index in [2.05, 4.69) is 4.98 Å². The van der Waals surface area contributed by atoms with Gasteiger partial charge in [-0.15, -0.1) is 0 Å². The second-order valence-electron chi connectivity index (χ2n) is 2.14. The molecule has 1 heterocycles. The lowest BCUT2D eigenvalue weighted by Gasteiger charge is -2.05. The van der Waals surface area contributed by atoms with Crippen LogP contribution in [0.5, 0.6) is 0 Å². The molecule has 0 bridgehead atoms. The van der Waals surface area contributed by atoms with Gasteiger partial charge in [0, 0.05) is 7.05 Å². The third kappa shape index (κ3) is 0.977. The third-order valence-corrected chi connectivity index (χ3v) is 1.42. The van der Waals surface area contributed by atoms with Crippen LogP contribution in [0.15, 0.2) is 4.79 Å². The lowest BCUT2D eigenvalue weighted by molar-refractivity contribution is 0.830. The monoisotopic (exact) mass is 155 g/mol. The van der Waals surface area contributed by atoms with Crippen LogP contribution in [-0.4, -0.2) is 9.55 Å². The molecule has 6 nitrogen and oxygen atoms in total. The first-order valence-electron chi connectivity index (χ1n) is 2.91. The Morgan fingerprint density at radius 1 is 1.36 bits per heavy atom. The van der Waals surface area contributed by atoms with E-state index in [1.807, 2.05) is 0 Å². The van der Waals surface area contributed by atoms with Gasteiger partial charge in [0.2, 0.25) is 0 Å². The lowest BCUT2D eigenvalue weighted by Crippen LogP contribution is -2.25. The Morgan fingerprint density at radius 3 is 2.45 bits per heavy atom. The number of anilines is 3. The van der Waals surface area contributed by atoms with Crippen molar-refractivity contribution in [1.29, 1.82) is 0 Å². The molecule has 0 radical (unpaired) electrons. The van der Waals surface area contributed by atoms with Gasteiger partial charge in [-0.3, -0.25) is 4.57 Å². The maximum atomic E-state index is 10.8. The summed E-state index contributed by atoms with van der Waals surface area (Å²) < 4.78 is 1.13. The Hall–Kier alpha value is -1.72. The van der Waals surface area contributed by atoms with Gasteiger partial charge >= 0.3 is 5.69 Å². The van der Waals surface area contributed by atoms with Gasteiger partial charge in [0.05, 0.1) is 0 Å². The summed E-state index contributed by atoms with van der Waals surface area (Å²) in [6.45, 7) is 0. The molecule has 1 aromatic rings. The number of nitrogens with zero attached hydrogens (tertiary/aromatic N) is 2. The Kier molecular flexibility index (Phi) is 1.45. The Morgan fingerprint density at radius 2 is 1.91 bits per heavy atom. The van der Waals surface area contributed by atoms with Crippen LogP contribution in [0, 0.1) is 0 Å². The molecule has 60 valence electrons. The van der Waals surface area contributed by atoms with Crippen molar-refractivity contribution in [3.8, 4) is 0 Å². The molecule has 6 heteroatoms. The summed E-state index contributed by atoms with van der Waals surface area (Å²) in [5, 5.41) is 0. The van der Waals surface area contributed by atoms with E-state index in [-0.39, 0.29) is 17.3 Å². The number of nitrogens with two attached hydrogens (primary N) is 3. The van der Waals surface area contributed by atoms with E-state index in [0.717, 1.165) is 4.57 Å². The van der Waals surface area contributed by atoms with Crippen LogP contribution < -0.4 is 22.9 Å². The molecule has 0 aliphatic heterocycles. The van der Waals surface area contributed by atoms with Gasteiger partial charge in [0.15, 0.2) is 5.82 Å². The van der Waals surface area contributed by atoms with Crippen LogP contribution in [0.25, 0.3) is 0 Å². The number of aromatic nitrogens is 2. The third-order valence-electron chi connectivity index (χ3n) is 1.42. The molecule has 1 rings (SSSR count). The van der Waals surface area contributed by atoms with Crippen LogP contribution in [0.4, 0.5) is 17.3 Å². The van der Waals surface area contributed by atoms with E-state index in [9.17, 15) is 4.79 Å².